The van der Waals surface area contributed by atoms with Crippen LogP contribution >= 0.6 is 11.6 Å². The summed E-state index contributed by atoms with van der Waals surface area (Å²) in [6.45, 7) is 0.464. The molecule has 2 aromatic carbocycles. The number of benzene rings is 2. The Morgan fingerprint density at radius 3 is 2.26 bits per heavy atom. The number of nitrogens with one attached hydrogen (secondary N) is 1. The molecule has 0 heterocycles. The van der Waals surface area contributed by atoms with Crippen molar-refractivity contribution in [1.29, 1.82) is 0 Å². The lowest BCUT2D eigenvalue weighted by Gasteiger charge is -2.27. The van der Waals surface area contributed by atoms with Gasteiger partial charge in [-0.05, 0) is 55.5 Å². The van der Waals surface area contributed by atoms with Crippen molar-refractivity contribution < 1.29 is 13.2 Å². The minimum absolute atomic E-state index is 0.160. The molecule has 1 amide bonds. The van der Waals surface area contributed by atoms with Gasteiger partial charge in [-0.3, -0.25) is 4.79 Å². The van der Waals surface area contributed by atoms with Crippen LogP contribution in [0.5, 0.6) is 0 Å². The van der Waals surface area contributed by atoms with Crippen molar-refractivity contribution in [3.05, 3.63) is 65.2 Å². The molecule has 1 aliphatic carbocycles. The van der Waals surface area contributed by atoms with E-state index in [1.807, 2.05) is 30.3 Å². The van der Waals surface area contributed by atoms with Crippen molar-refractivity contribution in [2.45, 2.75) is 48.2 Å². The maximum absolute atomic E-state index is 13.3. The van der Waals surface area contributed by atoms with E-state index in [2.05, 4.69) is 5.32 Å². The van der Waals surface area contributed by atoms with E-state index >= 15 is 0 Å². The number of hydrogen-bond acceptors (Lipinski definition) is 3. The van der Waals surface area contributed by atoms with Crippen LogP contribution in [0.25, 0.3) is 0 Å². The molecule has 0 radical (unpaired) electrons. The quantitative estimate of drug-likeness (QED) is 0.703. The molecule has 1 saturated carbocycles. The van der Waals surface area contributed by atoms with Gasteiger partial charge in [0.25, 0.3) is 0 Å². The van der Waals surface area contributed by atoms with Crippen molar-refractivity contribution in [3.63, 3.8) is 0 Å². The monoisotopic (exact) mass is 405 g/mol. The summed E-state index contributed by atoms with van der Waals surface area (Å²) >= 11 is 5.88. The molecule has 27 heavy (non-hydrogen) atoms. The first-order valence-electron chi connectivity index (χ1n) is 9.28. The van der Waals surface area contributed by atoms with Crippen LogP contribution < -0.4 is 5.32 Å². The van der Waals surface area contributed by atoms with Gasteiger partial charge in [-0.1, -0.05) is 54.8 Å². The number of hydrogen-bond donors (Lipinski definition) is 1. The Morgan fingerprint density at radius 1 is 1.00 bits per heavy atom. The van der Waals surface area contributed by atoms with Crippen LogP contribution in [-0.4, -0.2) is 25.6 Å². The molecule has 0 spiro atoms. The minimum Gasteiger partial charge on any atom is -0.355 e. The van der Waals surface area contributed by atoms with E-state index in [9.17, 15) is 13.2 Å². The molecule has 0 aromatic heterocycles. The summed E-state index contributed by atoms with van der Waals surface area (Å²) in [5.41, 5.74) is 1.20. The van der Waals surface area contributed by atoms with Crippen LogP contribution in [0.4, 0.5) is 0 Å². The zero-order valence-corrected chi connectivity index (χ0v) is 16.7. The van der Waals surface area contributed by atoms with Crippen LogP contribution in [-0.2, 0) is 21.1 Å². The fourth-order valence-electron chi connectivity index (χ4n) is 3.70. The van der Waals surface area contributed by atoms with Crippen molar-refractivity contribution in [1.82, 2.24) is 5.32 Å². The summed E-state index contributed by atoms with van der Waals surface area (Å²) in [6.07, 6.45) is 3.82. The predicted molar refractivity (Wildman–Crippen MR) is 108 cm³/mol. The Kier molecular flexibility index (Phi) is 6.22. The normalized spacial score (nSPS) is 16.2. The van der Waals surface area contributed by atoms with Crippen molar-refractivity contribution in [2.75, 3.05) is 6.54 Å². The molecule has 0 unspecified atom stereocenters. The third kappa shape index (κ3) is 4.19. The highest BCUT2D eigenvalue weighted by molar-refractivity contribution is 7.93. The van der Waals surface area contributed by atoms with E-state index in [0.717, 1.165) is 25.7 Å². The number of aryl methyl sites for hydroxylation is 1. The molecular weight excluding hydrogens is 382 g/mol. The van der Waals surface area contributed by atoms with Gasteiger partial charge in [0.2, 0.25) is 5.91 Å². The molecule has 0 aliphatic heterocycles. The van der Waals surface area contributed by atoms with Crippen molar-refractivity contribution in [2.24, 2.45) is 0 Å². The van der Waals surface area contributed by atoms with E-state index in [1.54, 1.807) is 12.1 Å². The molecule has 1 aliphatic rings. The number of rotatable bonds is 7. The maximum atomic E-state index is 13.3. The summed E-state index contributed by atoms with van der Waals surface area (Å²) in [6, 6.07) is 16.1. The smallest absolute Gasteiger partial charge is 0.241 e. The highest BCUT2D eigenvalue weighted by atomic mass is 35.5. The van der Waals surface area contributed by atoms with Gasteiger partial charge in [0.05, 0.1) is 4.90 Å². The van der Waals surface area contributed by atoms with Gasteiger partial charge in [0.1, 0.15) is 0 Å². The van der Waals surface area contributed by atoms with Gasteiger partial charge in [-0.25, -0.2) is 8.42 Å². The van der Waals surface area contributed by atoms with Crippen LogP contribution in [0.1, 0.15) is 37.7 Å². The Hall–Kier alpha value is -1.85. The van der Waals surface area contributed by atoms with E-state index in [0.29, 0.717) is 24.4 Å². The molecule has 1 fully saturated rings. The zero-order valence-electron chi connectivity index (χ0n) is 15.2. The summed E-state index contributed by atoms with van der Waals surface area (Å²) < 4.78 is 25.2. The lowest BCUT2D eigenvalue weighted by Crippen LogP contribution is -2.50. The maximum Gasteiger partial charge on any atom is 0.241 e. The van der Waals surface area contributed by atoms with Crippen molar-refractivity contribution >= 4 is 27.3 Å². The molecule has 6 heteroatoms. The number of carbonyl (C=O) groups is 1. The first-order chi connectivity index (χ1) is 13.0. The topological polar surface area (TPSA) is 63.2 Å². The second kappa shape index (κ2) is 8.44. The number of sulfone groups is 1. The lowest BCUT2D eigenvalue weighted by atomic mass is 10.1. The van der Waals surface area contributed by atoms with Gasteiger partial charge in [0, 0.05) is 11.6 Å². The van der Waals surface area contributed by atoms with Crippen LogP contribution in [0.15, 0.2) is 59.5 Å². The van der Waals surface area contributed by atoms with Gasteiger partial charge < -0.3 is 5.32 Å². The summed E-state index contributed by atoms with van der Waals surface area (Å²) in [7, 11) is -3.78. The fraction of sp³-hybridized carbons (Fsp3) is 0.381. The number of halogens is 1. The SMILES string of the molecule is O=C(NCCCc1ccccc1)C1(S(=O)(=O)c2ccc(Cl)cc2)CCCC1. The predicted octanol–water partition coefficient (Wildman–Crippen LogP) is 4.18. The second-order valence-electron chi connectivity index (χ2n) is 7.00. The van der Waals surface area contributed by atoms with Gasteiger partial charge >= 0.3 is 0 Å². The first kappa shape index (κ1) is 19.9. The zero-order chi connectivity index (χ0) is 19.3. The van der Waals surface area contributed by atoms with Gasteiger partial charge in [-0.15, -0.1) is 0 Å². The molecule has 0 bridgehead atoms. The largest absolute Gasteiger partial charge is 0.355 e. The highest BCUT2D eigenvalue weighted by Gasteiger charge is 2.52. The van der Waals surface area contributed by atoms with E-state index in [4.69, 9.17) is 11.6 Å². The minimum atomic E-state index is -3.78. The van der Waals surface area contributed by atoms with Crippen LogP contribution in [0.3, 0.4) is 0 Å². The molecule has 1 N–H and O–H groups in total. The summed E-state index contributed by atoms with van der Waals surface area (Å²) in [5.74, 6) is -0.372. The average Bonchev–Trinajstić information content (AvgIpc) is 3.18. The van der Waals surface area contributed by atoms with E-state index in [1.165, 1.54) is 17.7 Å². The Bertz CT molecular complexity index is 873. The Balaban J connectivity index is 1.70. The van der Waals surface area contributed by atoms with Gasteiger partial charge in [-0.2, -0.15) is 0 Å². The molecule has 3 rings (SSSR count). The molecule has 144 valence electrons. The summed E-state index contributed by atoms with van der Waals surface area (Å²) in [5, 5.41) is 3.35. The van der Waals surface area contributed by atoms with Crippen LogP contribution in [0, 0.1) is 0 Å². The summed E-state index contributed by atoms with van der Waals surface area (Å²) in [4.78, 5) is 13.1. The average molecular weight is 406 g/mol. The third-order valence-electron chi connectivity index (χ3n) is 5.23. The Labute approximate surface area is 165 Å². The molecule has 0 saturated heterocycles. The van der Waals surface area contributed by atoms with E-state index in [-0.39, 0.29) is 10.8 Å². The van der Waals surface area contributed by atoms with E-state index < -0.39 is 14.6 Å². The number of carbonyl (C=O) groups excluding carboxylic acids is 1. The molecule has 2 aromatic rings. The fourth-order valence-corrected chi connectivity index (χ4v) is 5.92. The van der Waals surface area contributed by atoms with Crippen molar-refractivity contribution in [3.8, 4) is 0 Å². The molecule has 0 atom stereocenters. The third-order valence-corrected chi connectivity index (χ3v) is 8.00. The first-order valence-corrected chi connectivity index (χ1v) is 11.1. The number of amides is 1. The second-order valence-corrected chi connectivity index (χ2v) is 9.70. The lowest BCUT2D eigenvalue weighted by molar-refractivity contribution is -0.123. The van der Waals surface area contributed by atoms with Crippen LogP contribution in [0.2, 0.25) is 5.02 Å². The van der Waals surface area contributed by atoms with Gasteiger partial charge in [0.15, 0.2) is 14.6 Å². The highest BCUT2D eigenvalue weighted by Crippen LogP contribution is 2.41. The molecule has 4 nitrogen and oxygen atoms in total. The molecular formula is C21H24ClNO3S. The standard InChI is InChI=1S/C21H24ClNO3S/c22-18-10-12-19(13-11-18)27(25,26)21(14-4-5-15-21)20(24)23-16-6-9-17-7-2-1-3-8-17/h1-3,7-8,10-13H,4-6,9,14-16H2,(H,23,24). The Morgan fingerprint density at radius 2 is 1.63 bits per heavy atom.